The number of hydrogen-bond donors (Lipinski definition) is 0. The number of piperidine rings is 1. The van der Waals surface area contributed by atoms with Crippen LogP contribution in [-0.2, 0) is 0 Å². The Kier molecular flexibility index (Phi) is 9.10. The number of amides is 3. The lowest BCUT2D eigenvalue weighted by Gasteiger charge is -2.39. The maximum atomic E-state index is 13.2. The predicted molar refractivity (Wildman–Crippen MR) is 167 cm³/mol. The van der Waals surface area contributed by atoms with Crippen LogP contribution in [0.25, 0.3) is 6.08 Å². The molecule has 3 aliphatic rings. The van der Waals surface area contributed by atoms with E-state index in [9.17, 15) is 9.59 Å². The van der Waals surface area contributed by atoms with Crippen molar-refractivity contribution >= 4 is 35.2 Å². The lowest BCUT2D eigenvalue weighted by atomic mass is 9.98. The van der Waals surface area contributed by atoms with Crippen LogP contribution in [-0.4, -0.2) is 113 Å². The minimum absolute atomic E-state index is 0.0365. The molecule has 0 atom stereocenters. The van der Waals surface area contributed by atoms with Crippen LogP contribution in [0.1, 0.15) is 39.8 Å². The summed E-state index contributed by atoms with van der Waals surface area (Å²) < 4.78 is 0. The molecule has 10 heteroatoms. The summed E-state index contributed by atoms with van der Waals surface area (Å²) in [5, 5.41) is 2.95. The zero-order chi connectivity index (χ0) is 28.7. The lowest BCUT2D eigenvalue weighted by Crippen LogP contribution is -2.54. The lowest BCUT2D eigenvalue weighted by molar-refractivity contribution is 0.0645. The molecule has 0 saturated carbocycles. The molecule has 3 aliphatic heterocycles. The molecule has 0 unspecified atom stereocenters. The number of carbonyl (C=O) groups excluding carboxylic acids is 2. The highest BCUT2D eigenvalue weighted by atomic mass is 32.1. The Bertz CT molecular complexity index is 1340. The van der Waals surface area contributed by atoms with Gasteiger partial charge in [-0.05, 0) is 30.5 Å². The van der Waals surface area contributed by atoms with Crippen molar-refractivity contribution in [2.24, 2.45) is 0 Å². The van der Waals surface area contributed by atoms with E-state index in [0.717, 1.165) is 82.6 Å². The summed E-state index contributed by atoms with van der Waals surface area (Å²) in [6.07, 6.45) is 7.93. The Balaban J connectivity index is 0.932. The van der Waals surface area contributed by atoms with Crippen molar-refractivity contribution < 1.29 is 9.59 Å². The van der Waals surface area contributed by atoms with Crippen molar-refractivity contribution in [2.75, 3.05) is 76.9 Å². The number of anilines is 1. The summed E-state index contributed by atoms with van der Waals surface area (Å²) in [7, 11) is 0. The van der Waals surface area contributed by atoms with Gasteiger partial charge in [-0.25, -0.2) is 14.8 Å². The minimum Gasteiger partial charge on any atom is -0.353 e. The molecule has 3 amide bonds. The molecule has 0 bridgehead atoms. The Morgan fingerprint density at radius 3 is 2.21 bits per heavy atom. The number of rotatable bonds is 6. The molecular formula is C32H39N7O2S. The largest absolute Gasteiger partial charge is 0.353 e. The van der Waals surface area contributed by atoms with Gasteiger partial charge < -0.3 is 19.6 Å². The van der Waals surface area contributed by atoms with Gasteiger partial charge in [0.05, 0.1) is 5.01 Å². The Hall–Kier alpha value is -3.76. The molecule has 5 heterocycles. The number of carbonyl (C=O) groups is 2. The van der Waals surface area contributed by atoms with Gasteiger partial charge in [0.2, 0.25) is 0 Å². The van der Waals surface area contributed by atoms with Crippen LogP contribution in [0.3, 0.4) is 0 Å². The molecule has 6 rings (SSSR count). The Labute approximate surface area is 252 Å². The van der Waals surface area contributed by atoms with Crippen LogP contribution in [0, 0.1) is 0 Å². The van der Waals surface area contributed by atoms with Crippen LogP contribution in [0.4, 0.5) is 10.6 Å². The van der Waals surface area contributed by atoms with E-state index in [0.29, 0.717) is 24.7 Å². The molecule has 3 aromatic rings. The first-order valence-electron chi connectivity index (χ1n) is 15.0. The summed E-state index contributed by atoms with van der Waals surface area (Å²) in [4.78, 5) is 46.1. The zero-order valence-electron chi connectivity index (χ0n) is 24.1. The Morgan fingerprint density at radius 2 is 1.50 bits per heavy atom. The molecule has 0 radical (unpaired) electrons. The highest BCUT2D eigenvalue weighted by Crippen LogP contribution is 2.31. The van der Waals surface area contributed by atoms with Crippen LogP contribution >= 0.6 is 11.3 Å². The summed E-state index contributed by atoms with van der Waals surface area (Å²) in [6, 6.07) is 16.4. The molecule has 0 aliphatic carbocycles. The number of urea groups is 1. The third kappa shape index (κ3) is 6.82. The second kappa shape index (κ2) is 13.5. The molecule has 3 fully saturated rings. The number of benzene rings is 1. The van der Waals surface area contributed by atoms with Crippen molar-refractivity contribution in [3.05, 3.63) is 82.4 Å². The van der Waals surface area contributed by atoms with E-state index in [1.165, 1.54) is 5.56 Å². The van der Waals surface area contributed by atoms with Gasteiger partial charge in [0.25, 0.3) is 5.91 Å². The van der Waals surface area contributed by atoms with Gasteiger partial charge in [0, 0.05) is 89.5 Å². The molecule has 42 heavy (non-hydrogen) atoms. The third-order valence-electron chi connectivity index (χ3n) is 8.51. The fraction of sp³-hybridized carbons (Fsp3) is 0.438. The van der Waals surface area contributed by atoms with E-state index in [-0.39, 0.29) is 11.9 Å². The van der Waals surface area contributed by atoms with Crippen LogP contribution in [0.5, 0.6) is 0 Å². The monoisotopic (exact) mass is 585 g/mol. The van der Waals surface area contributed by atoms with Gasteiger partial charge in [-0.3, -0.25) is 9.69 Å². The first-order valence-corrected chi connectivity index (χ1v) is 15.9. The number of piperazine rings is 2. The average Bonchev–Trinajstić information content (AvgIpc) is 3.56. The highest BCUT2D eigenvalue weighted by Gasteiger charge is 2.31. The average molecular weight is 586 g/mol. The summed E-state index contributed by atoms with van der Waals surface area (Å²) in [5.41, 5.74) is 1.77. The van der Waals surface area contributed by atoms with E-state index in [1.807, 2.05) is 62.7 Å². The van der Waals surface area contributed by atoms with Gasteiger partial charge in [-0.2, -0.15) is 0 Å². The van der Waals surface area contributed by atoms with Gasteiger partial charge in [-0.15, -0.1) is 11.3 Å². The molecule has 9 nitrogen and oxygen atoms in total. The van der Waals surface area contributed by atoms with E-state index < -0.39 is 0 Å². The smallest absolute Gasteiger partial charge is 0.320 e. The van der Waals surface area contributed by atoms with E-state index in [4.69, 9.17) is 4.98 Å². The van der Waals surface area contributed by atoms with E-state index in [1.54, 1.807) is 11.3 Å². The highest BCUT2D eigenvalue weighted by molar-refractivity contribution is 7.09. The molecule has 2 aromatic heterocycles. The molecule has 1 aromatic carbocycles. The summed E-state index contributed by atoms with van der Waals surface area (Å²) in [5.74, 6) is 1.31. The number of thiazole rings is 1. The number of aromatic nitrogens is 2. The quantitative estimate of drug-likeness (QED) is 0.433. The van der Waals surface area contributed by atoms with Crippen molar-refractivity contribution in [1.29, 1.82) is 0 Å². The summed E-state index contributed by atoms with van der Waals surface area (Å²) >= 11 is 1.59. The van der Waals surface area contributed by atoms with Crippen molar-refractivity contribution in [3.63, 3.8) is 0 Å². The van der Waals surface area contributed by atoms with Crippen molar-refractivity contribution in [1.82, 2.24) is 29.6 Å². The first-order chi connectivity index (χ1) is 20.6. The maximum Gasteiger partial charge on any atom is 0.320 e. The topological polar surface area (TPSA) is 76.1 Å². The van der Waals surface area contributed by atoms with Gasteiger partial charge in [0.15, 0.2) is 0 Å². The Morgan fingerprint density at radius 1 is 0.810 bits per heavy atom. The van der Waals surface area contributed by atoms with E-state index >= 15 is 0 Å². The van der Waals surface area contributed by atoms with E-state index in [2.05, 4.69) is 39.1 Å². The second-order valence-electron chi connectivity index (χ2n) is 11.2. The maximum absolute atomic E-state index is 13.2. The molecule has 0 spiro atoms. The standard InChI is InChI=1S/C32H39N7O2S/c40-31(37-19-17-35(18-20-37)14-6-9-26-7-2-1-3-8-26)28-25-42-30(34-28)27-11-15-38(16-12-27)32(41)39-23-21-36(22-24-39)29-10-4-5-13-33-29/h1-10,13,25,27H,11-12,14-24H2/b9-6-. The summed E-state index contributed by atoms with van der Waals surface area (Å²) in [6.45, 7) is 8.56. The van der Waals surface area contributed by atoms with Gasteiger partial charge >= 0.3 is 6.03 Å². The molecule has 0 N–H and O–H groups in total. The predicted octanol–water partition coefficient (Wildman–Crippen LogP) is 4.13. The number of likely N-dealkylation sites (tertiary alicyclic amines) is 1. The second-order valence-corrected chi connectivity index (χ2v) is 12.1. The molecule has 3 saturated heterocycles. The van der Waals surface area contributed by atoms with Crippen LogP contribution in [0.2, 0.25) is 0 Å². The van der Waals surface area contributed by atoms with Crippen LogP contribution in [0.15, 0.2) is 66.2 Å². The van der Waals surface area contributed by atoms with Crippen LogP contribution < -0.4 is 4.90 Å². The van der Waals surface area contributed by atoms with Gasteiger partial charge in [0.1, 0.15) is 11.5 Å². The normalized spacial score (nSPS) is 19.0. The third-order valence-corrected chi connectivity index (χ3v) is 9.52. The molecule has 220 valence electrons. The fourth-order valence-electron chi connectivity index (χ4n) is 5.96. The van der Waals surface area contributed by atoms with Crippen molar-refractivity contribution in [3.8, 4) is 0 Å². The number of nitrogens with zero attached hydrogens (tertiary/aromatic N) is 7. The molecular weight excluding hydrogens is 546 g/mol. The minimum atomic E-state index is 0.0365. The zero-order valence-corrected chi connectivity index (χ0v) is 24.9. The van der Waals surface area contributed by atoms with Gasteiger partial charge in [-0.1, -0.05) is 48.6 Å². The fourth-order valence-corrected chi connectivity index (χ4v) is 6.92. The van der Waals surface area contributed by atoms with Crippen molar-refractivity contribution in [2.45, 2.75) is 18.8 Å². The first kappa shape index (κ1) is 28.4. The number of hydrogen-bond acceptors (Lipinski definition) is 7. The number of pyridine rings is 1. The SMILES string of the molecule is O=C(c1csc(C2CCN(C(=O)N3CCN(c4ccccn4)CC3)CC2)n1)N1CCN(C/C=C\c2ccccc2)CC1.